The maximum Gasteiger partial charge on any atom is 0.237 e. The molecule has 0 atom stereocenters. The molecule has 166 valence electrons. The highest BCUT2D eigenvalue weighted by Crippen LogP contribution is 2.30. The van der Waals surface area contributed by atoms with Gasteiger partial charge in [0.05, 0.1) is 31.1 Å². The second-order valence-corrected chi connectivity index (χ2v) is 7.99. The number of aryl methyl sites for hydroxylation is 1. The van der Waals surface area contributed by atoms with Crippen molar-refractivity contribution >= 4 is 11.8 Å². The Morgan fingerprint density at radius 1 is 1.09 bits per heavy atom. The van der Waals surface area contributed by atoms with Crippen molar-refractivity contribution in [2.45, 2.75) is 31.3 Å². The number of para-hydroxylation sites is 1. The van der Waals surface area contributed by atoms with Crippen LogP contribution in [0, 0.1) is 6.92 Å². The molecule has 2 aromatic heterocycles. The molecule has 0 aliphatic carbocycles. The van der Waals surface area contributed by atoms with Crippen molar-refractivity contribution in [1.29, 1.82) is 0 Å². The smallest absolute Gasteiger partial charge is 0.237 e. The molecule has 9 heteroatoms. The second-order valence-electron chi connectivity index (χ2n) is 7.05. The molecule has 0 bridgehead atoms. The van der Waals surface area contributed by atoms with E-state index in [2.05, 4.69) is 44.0 Å². The number of hydrogen-bond acceptors (Lipinski definition) is 8. The van der Waals surface area contributed by atoms with Crippen LogP contribution in [-0.2, 0) is 17.0 Å². The normalized spacial score (nSPS) is 11.1. The van der Waals surface area contributed by atoms with E-state index in [0.29, 0.717) is 37.2 Å². The molecular formula is C23H25N5O3S. The van der Waals surface area contributed by atoms with Gasteiger partial charge in [0.1, 0.15) is 5.75 Å². The molecule has 0 amide bonds. The molecular weight excluding hydrogens is 426 g/mol. The Hall–Kier alpha value is -3.17. The van der Waals surface area contributed by atoms with Crippen LogP contribution >= 0.6 is 11.8 Å². The van der Waals surface area contributed by atoms with Gasteiger partial charge in [-0.3, -0.25) is 4.57 Å². The highest BCUT2D eigenvalue weighted by molar-refractivity contribution is 7.98. The van der Waals surface area contributed by atoms with E-state index in [4.69, 9.17) is 14.0 Å². The third kappa shape index (κ3) is 5.00. The van der Waals surface area contributed by atoms with Crippen LogP contribution in [0.15, 0.2) is 58.2 Å². The van der Waals surface area contributed by atoms with Gasteiger partial charge in [-0.25, -0.2) is 0 Å². The molecule has 0 fully saturated rings. The first-order chi connectivity index (χ1) is 15.7. The van der Waals surface area contributed by atoms with Gasteiger partial charge in [-0.1, -0.05) is 52.8 Å². The third-order valence-corrected chi connectivity index (χ3v) is 5.68. The van der Waals surface area contributed by atoms with Gasteiger partial charge in [-0.05, 0) is 32.0 Å². The summed E-state index contributed by atoms with van der Waals surface area (Å²) in [4.78, 5) is 4.55. The number of nitrogens with zero attached hydrogens (tertiary/aromatic N) is 5. The summed E-state index contributed by atoms with van der Waals surface area (Å²) in [7, 11) is 1.68. The van der Waals surface area contributed by atoms with E-state index in [1.165, 1.54) is 17.3 Å². The summed E-state index contributed by atoms with van der Waals surface area (Å²) in [6.07, 6.45) is 0. The Morgan fingerprint density at radius 2 is 1.97 bits per heavy atom. The fourth-order valence-electron chi connectivity index (χ4n) is 3.26. The van der Waals surface area contributed by atoms with Crippen LogP contribution in [0.25, 0.3) is 22.8 Å². The first-order valence-corrected chi connectivity index (χ1v) is 11.3. The van der Waals surface area contributed by atoms with Crippen molar-refractivity contribution < 1.29 is 14.0 Å². The predicted octanol–water partition coefficient (Wildman–Crippen LogP) is 4.64. The molecule has 2 heterocycles. The topological polar surface area (TPSA) is 88.1 Å². The van der Waals surface area contributed by atoms with Crippen LogP contribution in [0.3, 0.4) is 0 Å². The van der Waals surface area contributed by atoms with Gasteiger partial charge >= 0.3 is 0 Å². The molecule has 4 rings (SSSR count). The molecule has 0 radical (unpaired) electrons. The maximum absolute atomic E-state index is 5.68. The monoisotopic (exact) mass is 451 g/mol. The maximum atomic E-state index is 5.68. The number of thioether (sulfide) groups is 1. The minimum atomic E-state index is 0.475. The fourth-order valence-corrected chi connectivity index (χ4v) is 4.06. The third-order valence-electron chi connectivity index (χ3n) is 4.73. The van der Waals surface area contributed by atoms with Gasteiger partial charge in [0.2, 0.25) is 11.7 Å². The van der Waals surface area contributed by atoms with Gasteiger partial charge in [0.15, 0.2) is 11.0 Å². The highest BCUT2D eigenvalue weighted by atomic mass is 32.2. The fraction of sp³-hybridized carbons (Fsp3) is 0.304. The first kappa shape index (κ1) is 22.0. The van der Waals surface area contributed by atoms with E-state index < -0.39 is 0 Å². The van der Waals surface area contributed by atoms with Crippen LogP contribution in [0.5, 0.6) is 5.75 Å². The van der Waals surface area contributed by atoms with Crippen LogP contribution in [-0.4, -0.2) is 45.2 Å². The Balaban J connectivity index is 1.53. The second kappa shape index (κ2) is 10.4. The largest absolute Gasteiger partial charge is 0.493 e. The molecule has 0 saturated heterocycles. The van der Waals surface area contributed by atoms with Crippen LogP contribution in [0.1, 0.15) is 18.4 Å². The minimum absolute atomic E-state index is 0.475. The highest BCUT2D eigenvalue weighted by Gasteiger charge is 2.17. The lowest BCUT2D eigenvalue weighted by Crippen LogP contribution is -2.07. The van der Waals surface area contributed by atoms with E-state index in [1.807, 2.05) is 43.3 Å². The summed E-state index contributed by atoms with van der Waals surface area (Å²) < 4.78 is 18.5. The summed E-state index contributed by atoms with van der Waals surface area (Å²) in [5, 5.41) is 13.7. The van der Waals surface area contributed by atoms with Gasteiger partial charge in [-0.2, -0.15) is 4.98 Å². The van der Waals surface area contributed by atoms with E-state index in [9.17, 15) is 0 Å². The lowest BCUT2D eigenvalue weighted by atomic mass is 10.1. The summed E-state index contributed by atoms with van der Waals surface area (Å²) in [6, 6.07) is 15.9. The summed E-state index contributed by atoms with van der Waals surface area (Å²) in [5.41, 5.74) is 3.00. The lowest BCUT2D eigenvalue weighted by molar-refractivity contribution is 0.185. The van der Waals surface area contributed by atoms with Gasteiger partial charge in [0.25, 0.3) is 0 Å². The molecule has 0 saturated carbocycles. The molecule has 0 aliphatic heterocycles. The lowest BCUT2D eigenvalue weighted by Gasteiger charge is -2.09. The van der Waals surface area contributed by atoms with Crippen molar-refractivity contribution in [3.8, 4) is 28.5 Å². The Morgan fingerprint density at radius 3 is 2.78 bits per heavy atom. The van der Waals surface area contributed by atoms with Crippen molar-refractivity contribution in [3.05, 3.63) is 60.0 Å². The molecule has 0 aliphatic rings. The van der Waals surface area contributed by atoms with Gasteiger partial charge < -0.3 is 14.0 Å². The summed E-state index contributed by atoms with van der Waals surface area (Å²) in [5.74, 6) is 3.03. The number of benzene rings is 2. The SMILES string of the molecule is CCOc1ccccc1-c1noc(CSc2nnc(-c3cccc(C)c3)n2CCOC)n1. The zero-order chi connectivity index (χ0) is 22.3. The number of methoxy groups -OCH3 is 1. The van der Waals surface area contributed by atoms with E-state index in [0.717, 1.165) is 27.9 Å². The summed E-state index contributed by atoms with van der Waals surface area (Å²) >= 11 is 1.50. The van der Waals surface area contributed by atoms with Gasteiger partial charge in [-0.15, -0.1) is 10.2 Å². The predicted molar refractivity (Wildman–Crippen MR) is 123 cm³/mol. The molecule has 0 N–H and O–H groups in total. The standard InChI is InChI=1S/C23H25N5O3S/c1-4-30-19-11-6-5-10-18(19)21-24-20(31-27-21)15-32-23-26-25-22(28(23)12-13-29-3)17-9-7-8-16(2)14-17/h5-11,14H,4,12-13,15H2,1-3H3. The zero-order valence-electron chi connectivity index (χ0n) is 18.3. The molecule has 32 heavy (non-hydrogen) atoms. The van der Waals surface area contributed by atoms with E-state index in [1.54, 1.807) is 7.11 Å². The average Bonchev–Trinajstić information content (AvgIpc) is 3.44. The molecule has 0 unspecified atom stereocenters. The van der Waals surface area contributed by atoms with Crippen molar-refractivity contribution in [2.24, 2.45) is 0 Å². The molecule has 8 nitrogen and oxygen atoms in total. The average molecular weight is 452 g/mol. The number of hydrogen-bond donors (Lipinski definition) is 0. The van der Waals surface area contributed by atoms with E-state index >= 15 is 0 Å². The molecule has 2 aromatic carbocycles. The summed E-state index contributed by atoms with van der Waals surface area (Å²) in [6.45, 7) is 5.78. The Bertz CT molecular complexity index is 1170. The first-order valence-electron chi connectivity index (χ1n) is 10.4. The van der Waals surface area contributed by atoms with Crippen molar-refractivity contribution in [3.63, 3.8) is 0 Å². The zero-order valence-corrected chi connectivity index (χ0v) is 19.1. The minimum Gasteiger partial charge on any atom is -0.493 e. The van der Waals surface area contributed by atoms with Crippen LogP contribution in [0.4, 0.5) is 0 Å². The van der Waals surface area contributed by atoms with Gasteiger partial charge in [0, 0.05) is 12.7 Å². The number of rotatable bonds is 10. The molecule has 0 spiro atoms. The Kier molecular flexibility index (Phi) is 7.18. The van der Waals surface area contributed by atoms with Crippen LogP contribution < -0.4 is 4.74 Å². The van der Waals surface area contributed by atoms with Crippen LogP contribution in [0.2, 0.25) is 0 Å². The van der Waals surface area contributed by atoms with Crippen molar-refractivity contribution in [1.82, 2.24) is 24.9 Å². The van der Waals surface area contributed by atoms with Crippen molar-refractivity contribution in [2.75, 3.05) is 20.3 Å². The molecule has 4 aromatic rings. The van der Waals surface area contributed by atoms with E-state index in [-0.39, 0.29) is 0 Å². The Labute approximate surface area is 191 Å². The number of ether oxygens (including phenoxy) is 2. The quantitative estimate of drug-likeness (QED) is 0.322. The number of aromatic nitrogens is 5.